The Morgan fingerprint density at radius 1 is 1.08 bits per heavy atom. The van der Waals surface area contributed by atoms with Crippen LogP contribution in [0.2, 0.25) is 0 Å². The maximum absolute atomic E-state index is 11.8. The van der Waals surface area contributed by atoms with Gasteiger partial charge < -0.3 is 14.5 Å². The van der Waals surface area contributed by atoms with E-state index in [4.69, 9.17) is 16.1 Å². The number of aromatic nitrogens is 6. The third-order valence-corrected chi connectivity index (χ3v) is 7.18. The number of hydrogen-bond acceptors (Lipinski definition) is 8. The van der Waals surface area contributed by atoms with Crippen LogP contribution < -0.4 is 4.90 Å². The van der Waals surface area contributed by atoms with E-state index in [2.05, 4.69) is 32.3 Å². The number of nitriles is 1. The smallest absolute Gasteiger partial charge is 0.298 e. The SMILES string of the molecule is C#CC(=O)N1CCN(c2ccc(-c3cc(-c4cn(C5CCOCC5)nn4)cn4ncc(C#N)c34)cn2)CC1. The predicted octanol–water partition coefficient (Wildman–Crippen LogP) is 2.16. The molecule has 2 aliphatic heterocycles. The highest BCUT2D eigenvalue weighted by Gasteiger charge is 2.22. The minimum atomic E-state index is -0.279. The lowest BCUT2D eigenvalue weighted by Gasteiger charge is -2.34. The number of amides is 1. The van der Waals surface area contributed by atoms with Crippen LogP contribution in [0.5, 0.6) is 0 Å². The second-order valence-electron chi connectivity index (χ2n) is 9.36. The molecule has 6 heterocycles. The van der Waals surface area contributed by atoms with Gasteiger partial charge in [-0.3, -0.25) is 4.79 Å². The standard InChI is InChI=1S/C27H25N9O2/c1-2-26(37)34-9-7-33(8-10-34)25-4-3-19(15-29-25)23-13-20(17-36-27(23)21(14-28)16-30-36)24-18-35(32-31-24)22-5-11-38-12-6-22/h1,3-4,13,15-18,22H,5-12H2. The van der Waals surface area contributed by atoms with E-state index < -0.39 is 0 Å². The first-order chi connectivity index (χ1) is 18.6. The number of fused-ring (bicyclic) bond motifs is 1. The van der Waals surface area contributed by atoms with Gasteiger partial charge in [0.05, 0.1) is 29.5 Å². The van der Waals surface area contributed by atoms with Crippen molar-refractivity contribution >= 4 is 17.2 Å². The summed E-state index contributed by atoms with van der Waals surface area (Å²) in [6.45, 7) is 3.88. The van der Waals surface area contributed by atoms with Gasteiger partial charge in [0, 0.05) is 68.5 Å². The number of carbonyl (C=O) groups excluding carboxylic acids is 1. The average Bonchev–Trinajstić information content (AvgIpc) is 3.65. The van der Waals surface area contributed by atoms with Crippen LogP contribution in [0.3, 0.4) is 0 Å². The molecule has 4 aromatic heterocycles. The van der Waals surface area contributed by atoms with Crippen molar-refractivity contribution in [1.82, 2.24) is 34.5 Å². The van der Waals surface area contributed by atoms with Crippen molar-refractivity contribution in [3.05, 3.63) is 48.5 Å². The van der Waals surface area contributed by atoms with Crippen LogP contribution >= 0.6 is 0 Å². The second-order valence-corrected chi connectivity index (χ2v) is 9.36. The fourth-order valence-corrected chi connectivity index (χ4v) is 5.06. The highest BCUT2D eigenvalue weighted by Crippen LogP contribution is 2.32. The van der Waals surface area contributed by atoms with Crippen LogP contribution in [-0.4, -0.2) is 79.8 Å². The van der Waals surface area contributed by atoms with Crippen LogP contribution in [0.25, 0.3) is 27.9 Å². The third kappa shape index (κ3) is 4.33. The Hall–Kier alpha value is -4.74. The summed E-state index contributed by atoms with van der Waals surface area (Å²) < 4.78 is 9.10. The van der Waals surface area contributed by atoms with Gasteiger partial charge in [-0.05, 0) is 37.0 Å². The quantitative estimate of drug-likeness (QED) is 0.386. The number of carbonyl (C=O) groups is 1. The molecule has 0 radical (unpaired) electrons. The number of terminal acetylenes is 1. The Balaban J connectivity index is 1.31. The summed E-state index contributed by atoms with van der Waals surface area (Å²) in [4.78, 5) is 20.3. The number of anilines is 1. The zero-order valence-electron chi connectivity index (χ0n) is 20.7. The molecule has 0 spiro atoms. The van der Waals surface area contributed by atoms with Crippen LogP contribution in [-0.2, 0) is 9.53 Å². The Kier molecular flexibility index (Phi) is 6.20. The number of pyridine rings is 2. The maximum Gasteiger partial charge on any atom is 0.298 e. The van der Waals surface area contributed by atoms with Gasteiger partial charge in [0.25, 0.3) is 5.91 Å². The lowest BCUT2D eigenvalue weighted by atomic mass is 10.0. The zero-order valence-corrected chi connectivity index (χ0v) is 20.7. The van der Waals surface area contributed by atoms with Gasteiger partial charge >= 0.3 is 0 Å². The summed E-state index contributed by atoms with van der Waals surface area (Å²) in [5, 5.41) is 23.0. The van der Waals surface area contributed by atoms with Gasteiger partial charge in [-0.25, -0.2) is 14.2 Å². The van der Waals surface area contributed by atoms with E-state index in [1.807, 2.05) is 35.3 Å². The van der Waals surface area contributed by atoms with Gasteiger partial charge in [-0.2, -0.15) is 10.4 Å². The van der Waals surface area contributed by atoms with Gasteiger partial charge in [-0.15, -0.1) is 11.5 Å². The van der Waals surface area contributed by atoms with Crippen LogP contribution in [0.15, 0.2) is 43.0 Å². The average molecular weight is 508 g/mol. The summed E-state index contributed by atoms with van der Waals surface area (Å²) >= 11 is 0. The molecule has 2 saturated heterocycles. The molecule has 190 valence electrons. The molecule has 4 aromatic rings. The predicted molar refractivity (Wildman–Crippen MR) is 139 cm³/mol. The number of hydrogen-bond donors (Lipinski definition) is 0. The van der Waals surface area contributed by atoms with Crippen molar-refractivity contribution < 1.29 is 9.53 Å². The molecule has 0 aliphatic carbocycles. The number of piperazine rings is 1. The summed E-state index contributed by atoms with van der Waals surface area (Å²) in [6, 6.07) is 8.48. The molecule has 6 rings (SSSR count). The second kappa shape index (κ2) is 9.96. The zero-order chi connectivity index (χ0) is 26.1. The van der Waals surface area contributed by atoms with Crippen LogP contribution in [0.1, 0.15) is 24.4 Å². The topological polar surface area (TPSA) is 117 Å². The highest BCUT2D eigenvalue weighted by atomic mass is 16.5. The van der Waals surface area contributed by atoms with Crippen molar-refractivity contribution in [2.24, 2.45) is 0 Å². The van der Waals surface area contributed by atoms with Gasteiger partial charge in [0.1, 0.15) is 17.6 Å². The normalized spacial score (nSPS) is 16.4. The van der Waals surface area contributed by atoms with E-state index in [9.17, 15) is 10.1 Å². The molecule has 0 atom stereocenters. The number of nitrogens with zero attached hydrogens (tertiary/aromatic N) is 9. The largest absolute Gasteiger partial charge is 0.381 e. The van der Waals surface area contributed by atoms with E-state index >= 15 is 0 Å². The van der Waals surface area contributed by atoms with Crippen LogP contribution in [0, 0.1) is 23.7 Å². The molecule has 2 fully saturated rings. The highest BCUT2D eigenvalue weighted by molar-refractivity contribution is 5.93. The van der Waals surface area contributed by atoms with Gasteiger partial charge in [0.15, 0.2) is 0 Å². The molecule has 11 heteroatoms. The minimum Gasteiger partial charge on any atom is -0.381 e. The maximum atomic E-state index is 11.8. The van der Waals surface area contributed by atoms with Crippen LogP contribution in [0.4, 0.5) is 5.82 Å². The first-order valence-electron chi connectivity index (χ1n) is 12.5. The molecular formula is C27H25N9O2. The Labute approximate surface area is 219 Å². The molecule has 1 amide bonds. The van der Waals surface area contributed by atoms with E-state index in [1.165, 1.54) is 0 Å². The van der Waals surface area contributed by atoms with Gasteiger partial charge in [0.2, 0.25) is 0 Å². The summed E-state index contributed by atoms with van der Waals surface area (Å²) in [6.07, 6.45) is 14.3. The van der Waals surface area contributed by atoms with Crippen molar-refractivity contribution in [2.75, 3.05) is 44.3 Å². The number of rotatable bonds is 4. The molecule has 0 bridgehead atoms. The third-order valence-electron chi connectivity index (χ3n) is 7.18. The molecular weight excluding hydrogens is 482 g/mol. The van der Waals surface area contributed by atoms with E-state index in [0.29, 0.717) is 37.3 Å². The van der Waals surface area contributed by atoms with E-state index in [1.54, 1.807) is 21.8 Å². The molecule has 0 N–H and O–H groups in total. The van der Waals surface area contributed by atoms with Crippen molar-refractivity contribution in [2.45, 2.75) is 18.9 Å². The Morgan fingerprint density at radius 3 is 2.61 bits per heavy atom. The molecule has 11 nitrogen and oxygen atoms in total. The van der Waals surface area contributed by atoms with Gasteiger partial charge in [-0.1, -0.05) is 5.21 Å². The lowest BCUT2D eigenvalue weighted by Crippen LogP contribution is -2.48. The van der Waals surface area contributed by atoms with Crippen molar-refractivity contribution in [3.8, 4) is 40.8 Å². The Bertz CT molecular complexity index is 1560. The minimum absolute atomic E-state index is 0.270. The first kappa shape index (κ1) is 23.6. The fourth-order valence-electron chi connectivity index (χ4n) is 5.06. The summed E-state index contributed by atoms with van der Waals surface area (Å²) in [7, 11) is 0. The fraction of sp³-hybridized carbons (Fsp3) is 0.333. The van der Waals surface area contributed by atoms with Crippen molar-refractivity contribution in [1.29, 1.82) is 5.26 Å². The van der Waals surface area contributed by atoms with Crippen molar-refractivity contribution in [3.63, 3.8) is 0 Å². The summed E-state index contributed by atoms with van der Waals surface area (Å²) in [5.41, 5.74) is 4.46. The Morgan fingerprint density at radius 2 is 1.89 bits per heavy atom. The van der Waals surface area contributed by atoms with E-state index in [-0.39, 0.29) is 11.9 Å². The monoisotopic (exact) mass is 507 g/mol. The lowest BCUT2D eigenvalue weighted by molar-refractivity contribution is -0.125. The molecule has 0 aromatic carbocycles. The summed E-state index contributed by atoms with van der Waals surface area (Å²) in [5.74, 6) is 2.72. The molecule has 0 saturated carbocycles. The van der Waals surface area contributed by atoms with E-state index in [0.717, 1.165) is 54.3 Å². The molecule has 0 unspecified atom stereocenters. The molecule has 38 heavy (non-hydrogen) atoms. The first-order valence-corrected chi connectivity index (χ1v) is 12.5. The molecule has 2 aliphatic rings. The number of ether oxygens (including phenoxy) is 1.